The van der Waals surface area contributed by atoms with Crippen LogP contribution in [0.15, 0.2) is 85.4 Å². The van der Waals surface area contributed by atoms with Gasteiger partial charge in [-0.1, -0.05) is 24.8 Å². The average Bonchev–Trinajstić information content (AvgIpc) is 2.62. The summed E-state index contributed by atoms with van der Waals surface area (Å²) in [7, 11) is 1.67. The van der Waals surface area contributed by atoms with E-state index in [0.29, 0.717) is 0 Å². The molecule has 1 aromatic heterocycles. The first kappa shape index (κ1) is 14.9. The first-order valence-corrected chi connectivity index (χ1v) is 7.38. The average molecular weight is 302 g/mol. The van der Waals surface area contributed by atoms with Crippen LogP contribution >= 0.6 is 0 Å². The maximum absolute atomic E-state index is 5.54. The number of allylic oxidation sites excluding steroid dienone is 5. The van der Waals surface area contributed by atoms with E-state index in [4.69, 9.17) is 4.74 Å². The van der Waals surface area contributed by atoms with Crippen molar-refractivity contribution in [3.8, 4) is 17.0 Å². The molecule has 0 amide bonds. The first-order valence-electron chi connectivity index (χ1n) is 7.38. The van der Waals surface area contributed by atoms with Crippen LogP contribution in [0.5, 0.6) is 5.75 Å². The predicted octanol–water partition coefficient (Wildman–Crippen LogP) is 4.33. The molecule has 0 aliphatic carbocycles. The molecule has 0 bridgehead atoms. The Bertz CT molecular complexity index is 802. The Morgan fingerprint density at radius 2 is 2.13 bits per heavy atom. The van der Waals surface area contributed by atoms with E-state index in [9.17, 15) is 0 Å². The van der Waals surface area contributed by atoms with Gasteiger partial charge in [0, 0.05) is 23.7 Å². The van der Waals surface area contributed by atoms with Crippen LogP contribution in [0.3, 0.4) is 0 Å². The summed E-state index contributed by atoms with van der Waals surface area (Å²) >= 11 is 0. The molecule has 0 unspecified atom stereocenters. The summed E-state index contributed by atoms with van der Waals surface area (Å²) in [6, 6.07) is 11.9. The molecule has 23 heavy (non-hydrogen) atoms. The number of benzene rings is 1. The third-order valence-corrected chi connectivity index (χ3v) is 3.58. The number of aromatic nitrogens is 1. The van der Waals surface area contributed by atoms with E-state index in [1.807, 2.05) is 66.9 Å². The first-order chi connectivity index (χ1) is 11.3. The molecule has 114 valence electrons. The summed E-state index contributed by atoms with van der Waals surface area (Å²) in [5, 5.41) is 3.18. The highest BCUT2D eigenvalue weighted by Crippen LogP contribution is 2.31. The fourth-order valence-electron chi connectivity index (χ4n) is 2.39. The summed E-state index contributed by atoms with van der Waals surface area (Å²) in [5.41, 5.74) is 4.79. The molecule has 0 saturated carbocycles. The molecule has 1 aromatic carbocycles. The van der Waals surface area contributed by atoms with E-state index in [-0.39, 0.29) is 0 Å². The highest BCUT2D eigenvalue weighted by atomic mass is 16.5. The van der Waals surface area contributed by atoms with E-state index in [1.54, 1.807) is 13.3 Å². The number of dihydropyridines is 1. The largest absolute Gasteiger partial charge is 0.496 e. The van der Waals surface area contributed by atoms with Crippen LogP contribution in [0.1, 0.15) is 5.56 Å². The zero-order valence-corrected chi connectivity index (χ0v) is 13.0. The van der Waals surface area contributed by atoms with Crippen molar-refractivity contribution in [1.82, 2.24) is 10.3 Å². The standard InChI is InChI=1S/C20H18N2O/c1-15(13-17-7-3-5-11-21-17)16-9-10-18(20(14-16)23-2)19-8-4-6-12-22-19/h3-14,21H,1H2,2H3/b17-13-. The minimum atomic E-state index is 0.785. The van der Waals surface area contributed by atoms with Gasteiger partial charge in [0.2, 0.25) is 0 Å². The van der Waals surface area contributed by atoms with Gasteiger partial charge in [0.15, 0.2) is 0 Å². The number of ether oxygens (including phenoxy) is 1. The topological polar surface area (TPSA) is 34.2 Å². The number of pyridine rings is 1. The quantitative estimate of drug-likeness (QED) is 0.913. The molecule has 0 atom stereocenters. The van der Waals surface area contributed by atoms with Gasteiger partial charge in [-0.2, -0.15) is 0 Å². The number of hydrogen-bond donors (Lipinski definition) is 1. The zero-order valence-electron chi connectivity index (χ0n) is 13.0. The minimum Gasteiger partial charge on any atom is -0.496 e. The van der Waals surface area contributed by atoms with Crippen LogP contribution in [0.4, 0.5) is 0 Å². The Morgan fingerprint density at radius 1 is 1.22 bits per heavy atom. The van der Waals surface area contributed by atoms with Crippen LogP contribution in [-0.4, -0.2) is 12.1 Å². The van der Waals surface area contributed by atoms with E-state index < -0.39 is 0 Å². The summed E-state index contributed by atoms with van der Waals surface area (Å²) in [5.74, 6) is 0.785. The van der Waals surface area contributed by atoms with Gasteiger partial charge in [-0.3, -0.25) is 4.98 Å². The lowest BCUT2D eigenvalue weighted by molar-refractivity contribution is 0.416. The lowest BCUT2D eigenvalue weighted by Gasteiger charge is -2.12. The third-order valence-electron chi connectivity index (χ3n) is 3.58. The molecule has 3 nitrogen and oxygen atoms in total. The molecule has 2 aromatic rings. The molecule has 3 heteroatoms. The highest BCUT2D eigenvalue weighted by Gasteiger charge is 2.09. The van der Waals surface area contributed by atoms with Crippen molar-refractivity contribution in [1.29, 1.82) is 0 Å². The van der Waals surface area contributed by atoms with Gasteiger partial charge >= 0.3 is 0 Å². The highest BCUT2D eigenvalue weighted by molar-refractivity contribution is 5.78. The molecule has 0 spiro atoms. The van der Waals surface area contributed by atoms with E-state index in [0.717, 1.165) is 33.8 Å². The van der Waals surface area contributed by atoms with Crippen LogP contribution in [0.2, 0.25) is 0 Å². The predicted molar refractivity (Wildman–Crippen MR) is 94.8 cm³/mol. The number of rotatable bonds is 4. The summed E-state index contributed by atoms with van der Waals surface area (Å²) < 4.78 is 5.54. The molecule has 0 saturated heterocycles. The second kappa shape index (κ2) is 6.79. The maximum Gasteiger partial charge on any atom is 0.128 e. The van der Waals surface area contributed by atoms with E-state index >= 15 is 0 Å². The number of nitrogens with zero attached hydrogens (tertiary/aromatic N) is 1. The number of hydrogen-bond acceptors (Lipinski definition) is 3. The van der Waals surface area contributed by atoms with Gasteiger partial charge in [0.1, 0.15) is 5.75 Å². The molecular formula is C20H18N2O. The molecule has 0 fully saturated rings. The zero-order chi connectivity index (χ0) is 16.1. The monoisotopic (exact) mass is 302 g/mol. The van der Waals surface area contributed by atoms with E-state index in [1.165, 1.54) is 0 Å². The van der Waals surface area contributed by atoms with E-state index in [2.05, 4.69) is 16.9 Å². The lowest BCUT2D eigenvalue weighted by Crippen LogP contribution is -2.04. The number of methoxy groups -OCH3 is 1. The van der Waals surface area contributed by atoms with Gasteiger partial charge in [0.25, 0.3) is 0 Å². The summed E-state index contributed by atoms with van der Waals surface area (Å²) in [6.45, 7) is 4.15. The fraction of sp³-hybridized carbons (Fsp3) is 0.0500. The molecule has 1 aliphatic rings. The second-order valence-corrected chi connectivity index (χ2v) is 5.12. The Hall–Kier alpha value is -3.07. The smallest absolute Gasteiger partial charge is 0.128 e. The van der Waals surface area contributed by atoms with Crippen LogP contribution in [0.25, 0.3) is 16.8 Å². The second-order valence-electron chi connectivity index (χ2n) is 5.12. The van der Waals surface area contributed by atoms with Crippen LogP contribution in [0, 0.1) is 0 Å². The summed E-state index contributed by atoms with van der Waals surface area (Å²) in [6.07, 6.45) is 11.6. The van der Waals surface area contributed by atoms with Crippen molar-refractivity contribution in [3.63, 3.8) is 0 Å². The fourth-order valence-corrected chi connectivity index (χ4v) is 2.39. The maximum atomic E-state index is 5.54. The van der Waals surface area contributed by atoms with Crippen LogP contribution < -0.4 is 10.1 Å². The van der Waals surface area contributed by atoms with Crippen molar-refractivity contribution in [3.05, 3.63) is 90.9 Å². The Balaban J connectivity index is 1.91. The molecule has 3 rings (SSSR count). The number of nitrogens with one attached hydrogen (secondary N) is 1. The minimum absolute atomic E-state index is 0.785. The molecule has 1 aliphatic heterocycles. The Morgan fingerprint density at radius 3 is 2.83 bits per heavy atom. The Labute approximate surface area is 136 Å². The summed E-state index contributed by atoms with van der Waals surface area (Å²) in [4.78, 5) is 4.38. The Kier molecular flexibility index (Phi) is 4.39. The van der Waals surface area contributed by atoms with Crippen LogP contribution in [-0.2, 0) is 0 Å². The van der Waals surface area contributed by atoms with Gasteiger partial charge in [0.05, 0.1) is 12.8 Å². The van der Waals surface area contributed by atoms with Gasteiger partial charge < -0.3 is 10.1 Å². The van der Waals surface area contributed by atoms with Crippen molar-refractivity contribution in [2.75, 3.05) is 7.11 Å². The van der Waals surface area contributed by atoms with Crippen molar-refractivity contribution in [2.45, 2.75) is 0 Å². The van der Waals surface area contributed by atoms with Gasteiger partial charge in [-0.15, -0.1) is 0 Å². The SMILES string of the molecule is C=C(/C=C1/C=CC=CN1)c1ccc(-c2ccccn2)c(OC)c1. The molecular weight excluding hydrogens is 284 g/mol. The normalized spacial score (nSPS) is 14.6. The van der Waals surface area contributed by atoms with Crippen molar-refractivity contribution >= 4 is 5.57 Å². The molecule has 2 heterocycles. The molecule has 1 N–H and O–H groups in total. The third kappa shape index (κ3) is 3.40. The van der Waals surface area contributed by atoms with Gasteiger partial charge in [-0.25, -0.2) is 0 Å². The molecule has 0 radical (unpaired) electrons. The lowest BCUT2D eigenvalue weighted by atomic mass is 10.0. The van der Waals surface area contributed by atoms with Gasteiger partial charge in [-0.05, 0) is 53.6 Å². The van der Waals surface area contributed by atoms with Crippen molar-refractivity contribution in [2.24, 2.45) is 0 Å². The van der Waals surface area contributed by atoms with Crippen molar-refractivity contribution < 1.29 is 4.74 Å².